The molecule has 1 saturated heterocycles. The lowest BCUT2D eigenvalue weighted by atomic mass is 9.86. The van der Waals surface area contributed by atoms with Crippen LogP contribution in [0.2, 0.25) is 0 Å². The van der Waals surface area contributed by atoms with Crippen LogP contribution in [0.1, 0.15) is 235 Å². The van der Waals surface area contributed by atoms with Crippen molar-refractivity contribution in [2.75, 3.05) is 40.0 Å². The predicted octanol–water partition coefficient (Wildman–Crippen LogP) is 14.4. The summed E-state index contributed by atoms with van der Waals surface area (Å²) >= 11 is 0. The summed E-state index contributed by atoms with van der Waals surface area (Å²) in [5.74, 6) is 4.45. The highest BCUT2D eigenvalue weighted by Crippen LogP contribution is 2.25. The summed E-state index contributed by atoms with van der Waals surface area (Å²) in [5, 5.41) is 0. The zero-order valence-electron chi connectivity index (χ0n) is 40.9. The molecular weight excluding hydrogens is 735 g/mol. The number of hydrogen-bond donors (Lipinski definition) is 0. The van der Waals surface area contributed by atoms with E-state index in [0.29, 0.717) is 37.7 Å². The van der Waals surface area contributed by atoms with Crippen molar-refractivity contribution in [2.45, 2.75) is 241 Å². The summed E-state index contributed by atoms with van der Waals surface area (Å²) in [6.07, 6.45) is 31.8. The Morgan fingerprint density at radius 1 is 0.525 bits per heavy atom. The first-order valence-electron chi connectivity index (χ1n) is 25.4. The van der Waals surface area contributed by atoms with Gasteiger partial charge in [0.05, 0.1) is 6.61 Å². The molecule has 1 heterocycles. The first-order valence-corrected chi connectivity index (χ1v) is 25.4. The van der Waals surface area contributed by atoms with Crippen LogP contribution in [0.3, 0.4) is 0 Å². The SMILES string of the molecule is CC(C)CCC(CCOC(=O)CCCCCCCCCC(CCCCCCCCCC=O)OC(=O)CCCN1CCCC1)C(C)C.COCCC(CCC(C)C)C(C)C. The third-order valence-electron chi connectivity index (χ3n) is 12.7. The van der Waals surface area contributed by atoms with Gasteiger partial charge in [-0.05, 0) is 139 Å². The Labute approximate surface area is 367 Å². The van der Waals surface area contributed by atoms with Gasteiger partial charge < -0.3 is 23.9 Å². The molecule has 7 heteroatoms. The van der Waals surface area contributed by atoms with Crippen LogP contribution in [0.25, 0.3) is 0 Å². The van der Waals surface area contributed by atoms with Crippen LogP contribution in [0.5, 0.6) is 0 Å². The number of hydrogen-bond acceptors (Lipinski definition) is 7. The fraction of sp³-hybridized carbons (Fsp3) is 0.942. The molecule has 1 aliphatic heterocycles. The fourth-order valence-corrected chi connectivity index (χ4v) is 8.35. The lowest BCUT2D eigenvalue weighted by Gasteiger charge is -2.21. The number of likely N-dealkylation sites (tertiary alicyclic amines) is 1. The van der Waals surface area contributed by atoms with E-state index in [1.807, 2.05) is 0 Å². The van der Waals surface area contributed by atoms with Crippen LogP contribution in [-0.4, -0.2) is 69.2 Å². The maximum atomic E-state index is 12.6. The van der Waals surface area contributed by atoms with Gasteiger partial charge in [-0.1, -0.05) is 132 Å². The summed E-state index contributed by atoms with van der Waals surface area (Å²) in [7, 11) is 1.79. The second kappa shape index (κ2) is 40.6. The van der Waals surface area contributed by atoms with Gasteiger partial charge in [0, 0.05) is 33.0 Å². The predicted molar refractivity (Wildman–Crippen MR) is 251 cm³/mol. The van der Waals surface area contributed by atoms with E-state index in [1.54, 1.807) is 7.11 Å². The van der Waals surface area contributed by atoms with Crippen molar-refractivity contribution in [3.63, 3.8) is 0 Å². The van der Waals surface area contributed by atoms with Crippen LogP contribution in [0.4, 0.5) is 0 Å². The first kappa shape index (κ1) is 57.5. The van der Waals surface area contributed by atoms with Crippen molar-refractivity contribution >= 4 is 18.2 Å². The number of esters is 2. The van der Waals surface area contributed by atoms with E-state index in [1.165, 1.54) is 109 Å². The van der Waals surface area contributed by atoms with Gasteiger partial charge in [-0.2, -0.15) is 0 Å². The molecule has 0 saturated carbocycles. The van der Waals surface area contributed by atoms with Crippen LogP contribution in [-0.2, 0) is 28.6 Å². The van der Waals surface area contributed by atoms with E-state index >= 15 is 0 Å². The van der Waals surface area contributed by atoms with Gasteiger partial charge in [-0.3, -0.25) is 9.59 Å². The van der Waals surface area contributed by atoms with E-state index in [4.69, 9.17) is 14.2 Å². The fourth-order valence-electron chi connectivity index (χ4n) is 8.35. The molecule has 3 unspecified atom stereocenters. The Bertz CT molecular complexity index is 945. The van der Waals surface area contributed by atoms with Gasteiger partial charge in [-0.25, -0.2) is 0 Å². The molecule has 3 atom stereocenters. The Kier molecular flexibility index (Phi) is 39.6. The molecule has 0 aliphatic carbocycles. The number of carbonyl (C=O) groups is 3. The van der Waals surface area contributed by atoms with E-state index in [0.717, 1.165) is 107 Å². The third kappa shape index (κ3) is 38.0. The molecule has 7 nitrogen and oxygen atoms in total. The number of methoxy groups -OCH3 is 1. The molecule has 0 spiro atoms. The van der Waals surface area contributed by atoms with Gasteiger partial charge in [0.15, 0.2) is 0 Å². The average molecular weight is 836 g/mol. The normalized spacial score (nSPS) is 14.8. The molecule has 0 aromatic carbocycles. The molecule has 1 fully saturated rings. The highest BCUT2D eigenvalue weighted by atomic mass is 16.5. The molecule has 0 aromatic rings. The van der Waals surface area contributed by atoms with E-state index in [2.05, 4.69) is 60.3 Å². The first-order chi connectivity index (χ1) is 28.4. The van der Waals surface area contributed by atoms with Crippen molar-refractivity contribution < 1.29 is 28.6 Å². The topological polar surface area (TPSA) is 82.1 Å². The number of ether oxygens (including phenoxy) is 3. The highest BCUT2D eigenvalue weighted by molar-refractivity contribution is 5.69. The van der Waals surface area contributed by atoms with Crippen molar-refractivity contribution in [3.05, 3.63) is 0 Å². The second-order valence-corrected chi connectivity index (χ2v) is 19.7. The van der Waals surface area contributed by atoms with Crippen molar-refractivity contribution in [3.8, 4) is 0 Å². The number of aldehydes is 1. The van der Waals surface area contributed by atoms with Gasteiger partial charge >= 0.3 is 11.9 Å². The number of carbonyl (C=O) groups excluding carboxylic acids is 3. The van der Waals surface area contributed by atoms with Gasteiger partial charge in [0.2, 0.25) is 0 Å². The molecule has 0 N–H and O–H groups in total. The van der Waals surface area contributed by atoms with Crippen molar-refractivity contribution in [2.24, 2.45) is 35.5 Å². The zero-order chi connectivity index (χ0) is 43.9. The van der Waals surface area contributed by atoms with Crippen LogP contribution < -0.4 is 0 Å². The van der Waals surface area contributed by atoms with Gasteiger partial charge in [-0.15, -0.1) is 0 Å². The minimum absolute atomic E-state index is 0.0104. The molecule has 1 aliphatic rings. The monoisotopic (exact) mass is 836 g/mol. The lowest BCUT2D eigenvalue weighted by molar-refractivity contribution is -0.150. The van der Waals surface area contributed by atoms with Gasteiger partial charge in [0.1, 0.15) is 12.4 Å². The maximum Gasteiger partial charge on any atom is 0.306 e. The highest BCUT2D eigenvalue weighted by Gasteiger charge is 2.18. The Balaban J connectivity index is 0.00000220. The van der Waals surface area contributed by atoms with E-state index < -0.39 is 0 Å². The average Bonchev–Trinajstić information content (AvgIpc) is 3.71. The smallest absolute Gasteiger partial charge is 0.306 e. The van der Waals surface area contributed by atoms with Gasteiger partial charge in [0.25, 0.3) is 0 Å². The Morgan fingerprint density at radius 2 is 0.983 bits per heavy atom. The van der Waals surface area contributed by atoms with Crippen molar-refractivity contribution in [1.82, 2.24) is 4.90 Å². The molecule has 59 heavy (non-hydrogen) atoms. The molecular formula is C52H101NO6. The molecule has 0 amide bonds. The Hall–Kier alpha value is -1.47. The zero-order valence-corrected chi connectivity index (χ0v) is 40.9. The molecule has 0 bridgehead atoms. The largest absolute Gasteiger partial charge is 0.466 e. The van der Waals surface area contributed by atoms with Crippen LogP contribution in [0.15, 0.2) is 0 Å². The standard InChI is InChI=1S/C40H75NO5.C12H26O/c1-35(2)27-28-37(36(3)4)29-34-45-39(43)25-18-14-10-7-9-13-17-24-38(23-16-12-8-5-6-11-15-21-33-42)46-40(44)26-22-32-41-30-19-20-31-41;1-10(2)6-7-12(11(3)4)8-9-13-5/h33,35-38H,5-32,34H2,1-4H3;10-12H,6-9H2,1-5H3. The quantitative estimate of drug-likeness (QED) is 0.0346. The summed E-state index contributed by atoms with van der Waals surface area (Å²) in [6.45, 7) is 23.2. The summed E-state index contributed by atoms with van der Waals surface area (Å²) < 4.78 is 16.7. The maximum absolute atomic E-state index is 12.6. The molecule has 350 valence electrons. The summed E-state index contributed by atoms with van der Waals surface area (Å²) in [6, 6.07) is 0. The summed E-state index contributed by atoms with van der Waals surface area (Å²) in [4.78, 5) is 37.8. The third-order valence-corrected chi connectivity index (χ3v) is 12.7. The Morgan fingerprint density at radius 3 is 1.46 bits per heavy atom. The van der Waals surface area contributed by atoms with Crippen molar-refractivity contribution in [1.29, 1.82) is 0 Å². The van der Waals surface area contributed by atoms with E-state index in [9.17, 15) is 14.4 Å². The second-order valence-electron chi connectivity index (χ2n) is 19.7. The number of rotatable bonds is 39. The molecule has 0 aromatic heterocycles. The minimum Gasteiger partial charge on any atom is -0.466 e. The lowest BCUT2D eigenvalue weighted by Crippen LogP contribution is -2.23. The number of unbranched alkanes of at least 4 members (excludes halogenated alkanes) is 13. The minimum atomic E-state index is -0.0300. The van der Waals surface area contributed by atoms with Crippen LogP contribution >= 0.6 is 0 Å². The molecule has 0 radical (unpaired) electrons. The van der Waals surface area contributed by atoms with E-state index in [-0.39, 0.29) is 18.0 Å². The van der Waals surface area contributed by atoms with Crippen LogP contribution in [0, 0.1) is 35.5 Å². The number of nitrogens with zero attached hydrogens (tertiary/aromatic N) is 1. The molecule has 1 rings (SSSR count). The summed E-state index contributed by atoms with van der Waals surface area (Å²) in [5.41, 5.74) is 0.